The molecule has 1 unspecified atom stereocenters. The smallest absolute Gasteiger partial charge is 0.272 e. The molecule has 0 bridgehead atoms. The molecule has 23 heavy (non-hydrogen) atoms. The summed E-state index contributed by atoms with van der Waals surface area (Å²) < 4.78 is 15.7. The number of halogens is 1. The van der Waals surface area contributed by atoms with Crippen LogP contribution in [0, 0.1) is 5.82 Å². The molecule has 2 N–H and O–H groups in total. The Labute approximate surface area is 133 Å². The Balaban J connectivity index is 1.70. The quantitative estimate of drug-likeness (QED) is 0.904. The summed E-state index contributed by atoms with van der Waals surface area (Å²) in [5.74, 6) is -0.469. The van der Waals surface area contributed by atoms with Crippen LogP contribution in [-0.4, -0.2) is 34.8 Å². The largest absolute Gasteiger partial charge is 0.347 e. The molecule has 0 spiro atoms. The van der Waals surface area contributed by atoms with Gasteiger partial charge in [0.25, 0.3) is 5.91 Å². The van der Waals surface area contributed by atoms with Gasteiger partial charge in [0.05, 0.1) is 0 Å². The van der Waals surface area contributed by atoms with Crippen molar-refractivity contribution in [3.8, 4) is 5.69 Å². The lowest BCUT2D eigenvalue weighted by molar-refractivity contribution is 0.0933. The molecule has 1 amide bonds. The molecule has 5 nitrogen and oxygen atoms in total. The van der Waals surface area contributed by atoms with E-state index in [1.807, 2.05) is 0 Å². The van der Waals surface area contributed by atoms with Crippen LogP contribution >= 0.6 is 0 Å². The van der Waals surface area contributed by atoms with Crippen LogP contribution in [0.25, 0.3) is 5.69 Å². The lowest BCUT2D eigenvalue weighted by atomic mass is 10.1. The molecule has 1 aromatic heterocycles. The minimum atomic E-state index is -0.323. The first-order valence-corrected chi connectivity index (χ1v) is 8.11. The summed E-state index contributed by atoms with van der Waals surface area (Å²) in [6.07, 6.45) is 3.57. The second kappa shape index (κ2) is 5.77. The van der Waals surface area contributed by atoms with Gasteiger partial charge in [0.15, 0.2) is 5.69 Å². The molecule has 2 heterocycles. The molecule has 1 fully saturated rings. The number of carbonyl (C=O) groups excluding carboxylic acids is 1. The van der Waals surface area contributed by atoms with Crippen LogP contribution in [0.15, 0.2) is 24.3 Å². The van der Waals surface area contributed by atoms with Gasteiger partial charge >= 0.3 is 0 Å². The Morgan fingerprint density at radius 3 is 3.00 bits per heavy atom. The Hall–Kier alpha value is -2.21. The van der Waals surface area contributed by atoms with Gasteiger partial charge in [-0.05, 0) is 44.4 Å². The zero-order valence-corrected chi connectivity index (χ0v) is 12.8. The number of carbonyl (C=O) groups is 1. The molecular formula is C17H19FN4O. The maximum Gasteiger partial charge on any atom is 0.272 e. The minimum absolute atomic E-state index is 0.146. The molecular weight excluding hydrogens is 295 g/mol. The summed E-state index contributed by atoms with van der Waals surface area (Å²) in [6.45, 7) is 1.72. The van der Waals surface area contributed by atoms with Crippen molar-refractivity contribution in [1.82, 2.24) is 20.4 Å². The normalized spacial score (nSPS) is 19.8. The molecule has 1 aliphatic carbocycles. The number of rotatable bonds is 3. The van der Waals surface area contributed by atoms with Crippen molar-refractivity contribution in [2.75, 3.05) is 13.1 Å². The van der Waals surface area contributed by atoms with E-state index in [1.54, 1.807) is 22.9 Å². The fourth-order valence-corrected chi connectivity index (χ4v) is 3.47. The zero-order valence-electron chi connectivity index (χ0n) is 12.8. The monoisotopic (exact) mass is 314 g/mol. The fraction of sp³-hybridized carbons (Fsp3) is 0.412. The second-order valence-corrected chi connectivity index (χ2v) is 6.15. The van der Waals surface area contributed by atoms with E-state index < -0.39 is 0 Å². The lowest BCUT2D eigenvalue weighted by Crippen LogP contribution is -2.36. The number of amides is 1. The standard InChI is InChI=1S/C17H19FN4O/c18-13-5-1-2-6-15(13)22-14-7-3-4-12(14)16(21-22)17(23)20-11-8-9-19-10-11/h1-2,5-6,11,19H,3-4,7-10H2,(H,20,23). The highest BCUT2D eigenvalue weighted by molar-refractivity contribution is 5.94. The maximum atomic E-state index is 14.1. The number of para-hydroxylation sites is 1. The number of nitrogens with zero attached hydrogens (tertiary/aromatic N) is 2. The topological polar surface area (TPSA) is 59.0 Å². The van der Waals surface area contributed by atoms with E-state index in [0.717, 1.165) is 50.0 Å². The van der Waals surface area contributed by atoms with Gasteiger partial charge in [-0.1, -0.05) is 12.1 Å². The number of nitrogens with one attached hydrogen (secondary N) is 2. The number of aromatic nitrogens is 2. The highest BCUT2D eigenvalue weighted by Crippen LogP contribution is 2.28. The average Bonchev–Trinajstić information content (AvgIpc) is 3.24. The van der Waals surface area contributed by atoms with Crippen molar-refractivity contribution in [2.45, 2.75) is 31.7 Å². The molecule has 1 aromatic carbocycles. The SMILES string of the molecule is O=C(NC1CCNC1)c1nn(-c2ccccc2F)c2c1CCC2. The molecule has 0 saturated carbocycles. The molecule has 2 aromatic rings. The van der Waals surface area contributed by atoms with Gasteiger partial charge in [-0.2, -0.15) is 5.10 Å². The molecule has 120 valence electrons. The summed E-state index contributed by atoms with van der Waals surface area (Å²) in [5, 5.41) is 10.7. The van der Waals surface area contributed by atoms with E-state index in [0.29, 0.717) is 11.4 Å². The van der Waals surface area contributed by atoms with Crippen LogP contribution in [0.3, 0.4) is 0 Å². The van der Waals surface area contributed by atoms with Gasteiger partial charge in [-0.15, -0.1) is 0 Å². The van der Waals surface area contributed by atoms with Crippen molar-refractivity contribution in [3.05, 3.63) is 47.0 Å². The van der Waals surface area contributed by atoms with Crippen LogP contribution < -0.4 is 10.6 Å². The Kier molecular flexibility index (Phi) is 3.61. The summed E-state index contributed by atoms with van der Waals surface area (Å²) >= 11 is 0. The van der Waals surface area contributed by atoms with Crippen LogP contribution in [0.2, 0.25) is 0 Å². The molecule has 4 rings (SSSR count). The highest BCUT2D eigenvalue weighted by Gasteiger charge is 2.29. The minimum Gasteiger partial charge on any atom is -0.347 e. The molecule has 2 aliphatic rings. The summed E-state index contributed by atoms with van der Waals surface area (Å²) in [6, 6.07) is 6.71. The molecule has 6 heteroatoms. The van der Waals surface area contributed by atoms with Gasteiger partial charge in [0.1, 0.15) is 11.5 Å². The van der Waals surface area contributed by atoms with Crippen molar-refractivity contribution >= 4 is 5.91 Å². The van der Waals surface area contributed by atoms with E-state index in [4.69, 9.17) is 0 Å². The highest BCUT2D eigenvalue weighted by atomic mass is 19.1. The van der Waals surface area contributed by atoms with Gasteiger partial charge in [0, 0.05) is 23.8 Å². The first-order chi connectivity index (χ1) is 11.2. The van der Waals surface area contributed by atoms with Crippen molar-refractivity contribution < 1.29 is 9.18 Å². The predicted molar refractivity (Wildman–Crippen MR) is 84.3 cm³/mol. The third-order valence-corrected chi connectivity index (χ3v) is 4.62. The van der Waals surface area contributed by atoms with Crippen LogP contribution in [-0.2, 0) is 12.8 Å². The molecule has 0 radical (unpaired) electrons. The first kappa shape index (κ1) is 14.4. The van der Waals surface area contributed by atoms with E-state index >= 15 is 0 Å². The Bertz CT molecular complexity index is 749. The van der Waals surface area contributed by atoms with Gasteiger partial charge in [-0.25, -0.2) is 9.07 Å². The summed E-state index contributed by atoms with van der Waals surface area (Å²) in [5.41, 5.74) is 2.79. The number of fused-ring (bicyclic) bond motifs is 1. The summed E-state index contributed by atoms with van der Waals surface area (Å²) in [7, 11) is 0. The van der Waals surface area contributed by atoms with Gasteiger partial charge in [0.2, 0.25) is 0 Å². The number of hydrogen-bond acceptors (Lipinski definition) is 3. The van der Waals surface area contributed by atoms with E-state index in [9.17, 15) is 9.18 Å². The Morgan fingerprint density at radius 2 is 2.22 bits per heavy atom. The number of hydrogen-bond donors (Lipinski definition) is 2. The third kappa shape index (κ3) is 2.53. The van der Waals surface area contributed by atoms with Gasteiger partial charge in [-0.3, -0.25) is 4.79 Å². The maximum absolute atomic E-state index is 14.1. The Morgan fingerprint density at radius 1 is 1.35 bits per heavy atom. The molecule has 1 atom stereocenters. The van der Waals surface area contributed by atoms with E-state index in [-0.39, 0.29) is 17.8 Å². The average molecular weight is 314 g/mol. The fourth-order valence-electron chi connectivity index (χ4n) is 3.47. The van der Waals surface area contributed by atoms with E-state index in [1.165, 1.54) is 6.07 Å². The van der Waals surface area contributed by atoms with Crippen molar-refractivity contribution in [1.29, 1.82) is 0 Å². The van der Waals surface area contributed by atoms with Gasteiger partial charge < -0.3 is 10.6 Å². The predicted octanol–water partition coefficient (Wildman–Crippen LogP) is 1.59. The van der Waals surface area contributed by atoms with Crippen LogP contribution in [0.5, 0.6) is 0 Å². The van der Waals surface area contributed by atoms with Crippen molar-refractivity contribution in [2.24, 2.45) is 0 Å². The van der Waals surface area contributed by atoms with Crippen LogP contribution in [0.4, 0.5) is 4.39 Å². The zero-order chi connectivity index (χ0) is 15.8. The lowest BCUT2D eigenvalue weighted by Gasteiger charge is -2.10. The van der Waals surface area contributed by atoms with Crippen molar-refractivity contribution in [3.63, 3.8) is 0 Å². The first-order valence-electron chi connectivity index (χ1n) is 8.11. The molecule has 1 aliphatic heterocycles. The molecule has 1 saturated heterocycles. The summed E-state index contributed by atoms with van der Waals surface area (Å²) in [4.78, 5) is 12.6. The van der Waals surface area contributed by atoms with E-state index in [2.05, 4.69) is 15.7 Å². The third-order valence-electron chi connectivity index (χ3n) is 4.62. The second-order valence-electron chi connectivity index (χ2n) is 6.15. The van der Waals surface area contributed by atoms with Crippen LogP contribution in [0.1, 0.15) is 34.6 Å². The number of benzene rings is 1.